The third-order valence-corrected chi connectivity index (χ3v) is 2.99. The molecule has 1 aromatic rings. The number of anilines is 2. The average molecular weight is 267 g/mol. The third-order valence-electron chi connectivity index (χ3n) is 2.99. The Labute approximate surface area is 108 Å². The molecule has 7 heteroatoms. The van der Waals surface area contributed by atoms with Crippen LogP contribution in [0.15, 0.2) is 12.1 Å². The van der Waals surface area contributed by atoms with Gasteiger partial charge in [-0.3, -0.25) is 4.79 Å². The van der Waals surface area contributed by atoms with Crippen molar-refractivity contribution < 1.29 is 19.1 Å². The van der Waals surface area contributed by atoms with Crippen molar-refractivity contribution in [2.75, 3.05) is 17.6 Å². The molecule has 1 amide bonds. The second-order valence-electron chi connectivity index (χ2n) is 4.41. The van der Waals surface area contributed by atoms with Crippen LogP contribution in [0.3, 0.4) is 0 Å². The molecular weight excluding hydrogens is 253 g/mol. The van der Waals surface area contributed by atoms with Crippen LogP contribution in [-0.4, -0.2) is 29.6 Å². The average Bonchev–Trinajstić information content (AvgIpc) is 2.73. The van der Waals surface area contributed by atoms with Crippen molar-refractivity contribution in [2.45, 2.75) is 18.9 Å². The number of hydrogen-bond donors (Lipinski definition) is 4. The molecule has 2 rings (SSSR count). The van der Waals surface area contributed by atoms with E-state index in [1.54, 1.807) is 0 Å². The lowest BCUT2D eigenvalue weighted by molar-refractivity contribution is -0.119. The summed E-state index contributed by atoms with van der Waals surface area (Å²) in [5, 5.41) is 14.4. The number of nitrogens with two attached hydrogens (primary N) is 1. The second-order valence-corrected chi connectivity index (χ2v) is 4.41. The quantitative estimate of drug-likeness (QED) is 0.604. The minimum absolute atomic E-state index is 0.0317. The summed E-state index contributed by atoms with van der Waals surface area (Å²) < 4.78 is 13.6. The van der Waals surface area contributed by atoms with E-state index in [1.165, 1.54) is 0 Å². The van der Waals surface area contributed by atoms with Gasteiger partial charge in [-0.15, -0.1) is 0 Å². The van der Waals surface area contributed by atoms with E-state index in [0.717, 1.165) is 12.1 Å². The first-order chi connectivity index (χ1) is 8.97. The Bertz CT molecular complexity index is 533. The molecule has 0 aromatic heterocycles. The van der Waals surface area contributed by atoms with Crippen molar-refractivity contribution in [3.63, 3.8) is 0 Å². The Morgan fingerprint density at radius 1 is 1.58 bits per heavy atom. The van der Waals surface area contributed by atoms with Gasteiger partial charge in [0.05, 0.1) is 11.3 Å². The predicted molar refractivity (Wildman–Crippen MR) is 67.4 cm³/mol. The fourth-order valence-corrected chi connectivity index (χ4v) is 1.97. The van der Waals surface area contributed by atoms with E-state index in [-0.39, 0.29) is 28.9 Å². The number of rotatable bonds is 4. The number of carboxylic acids is 1. The number of carbonyl (C=O) groups is 2. The van der Waals surface area contributed by atoms with Gasteiger partial charge in [-0.2, -0.15) is 0 Å². The molecule has 1 saturated heterocycles. The molecule has 1 aromatic carbocycles. The maximum Gasteiger partial charge on any atom is 0.337 e. The zero-order chi connectivity index (χ0) is 14.0. The van der Waals surface area contributed by atoms with Gasteiger partial charge >= 0.3 is 5.97 Å². The van der Waals surface area contributed by atoms with Crippen LogP contribution in [-0.2, 0) is 4.79 Å². The van der Waals surface area contributed by atoms with Crippen molar-refractivity contribution in [1.82, 2.24) is 5.32 Å². The van der Waals surface area contributed by atoms with Crippen molar-refractivity contribution in [3.05, 3.63) is 23.5 Å². The fraction of sp³-hybridized carbons (Fsp3) is 0.333. The van der Waals surface area contributed by atoms with Gasteiger partial charge in [-0.05, 0) is 18.6 Å². The van der Waals surface area contributed by atoms with Gasteiger partial charge in [0.25, 0.3) is 0 Å². The number of aromatic carboxylic acids is 1. The molecule has 102 valence electrons. The smallest absolute Gasteiger partial charge is 0.337 e. The number of nitrogens with one attached hydrogen (secondary N) is 2. The lowest BCUT2D eigenvalue weighted by Crippen LogP contribution is -2.32. The van der Waals surface area contributed by atoms with Gasteiger partial charge in [0.1, 0.15) is 5.82 Å². The number of carboxylic acid groups (broad SMARTS) is 1. The molecule has 19 heavy (non-hydrogen) atoms. The van der Waals surface area contributed by atoms with Gasteiger partial charge in [0, 0.05) is 24.7 Å². The summed E-state index contributed by atoms with van der Waals surface area (Å²) in [7, 11) is 0. The summed E-state index contributed by atoms with van der Waals surface area (Å²) in [6.45, 7) is 0.339. The first kappa shape index (κ1) is 13.1. The number of nitrogen functional groups attached to an aromatic ring is 1. The fourth-order valence-electron chi connectivity index (χ4n) is 1.97. The summed E-state index contributed by atoms with van der Waals surface area (Å²) in [5.74, 6) is -1.86. The van der Waals surface area contributed by atoms with E-state index in [2.05, 4.69) is 10.6 Å². The van der Waals surface area contributed by atoms with Gasteiger partial charge in [0.15, 0.2) is 0 Å². The molecule has 0 saturated carbocycles. The number of halogens is 1. The molecular formula is C12H14FN3O3. The summed E-state index contributed by atoms with van der Waals surface area (Å²) in [4.78, 5) is 21.9. The van der Waals surface area contributed by atoms with Crippen LogP contribution in [0.5, 0.6) is 0 Å². The molecule has 0 bridgehead atoms. The molecule has 0 radical (unpaired) electrons. The molecule has 1 aliphatic heterocycles. The van der Waals surface area contributed by atoms with Gasteiger partial charge in [0.2, 0.25) is 5.91 Å². The highest BCUT2D eigenvalue weighted by molar-refractivity contribution is 5.94. The predicted octanol–water partition coefficient (Wildman–Crippen LogP) is 0.797. The molecule has 0 aliphatic carbocycles. The highest BCUT2D eigenvalue weighted by Gasteiger charge is 2.21. The summed E-state index contributed by atoms with van der Waals surface area (Å²) >= 11 is 0. The molecule has 1 aliphatic rings. The monoisotopic (exact) mass is 267 g/mol. The molecule has 1 unspecified atom stereocenters. The van der Waals surface area contributed by atoms with Crippen LogP contribution in [0.4, 0.5) is 15.8 Å². The van der Waals surface area contributed by atoms with Gasteiger partial charge < -0.3 is 21.5 Å². The number of carbonyl (C=O) groups excluding carboxylic acids is 1. The van der Waals surface area contributed by atoms with Crippen molar-refractivity contribution in [3.8, 4) is 0 Å². The Morgan fingerprint density at radius 3 is 2.89 bits per heavy atom. The van der Waals surface area contributed by atoms with E-state index >= 15 is 0 Å². The zero-order valence-corrected chi connectivity index (χ0v) is 10.1. The van der Waals surface area contributed by atoms with E-state index in [0.29, 0.717) is 19.4 Å². The Balaban J connectivity index is 2.09. The normalized spacial score (nSPS) is 18.2. The lowest BCUT2D eigenvalue weighted by atomic mass is 10.1. The third kappa shape index (κ3) is 2.93. The van der Waals surface area contributed by atoms with E-state index < -0.39 is 11.8 Å². The maximum atomic E-state index is 13.6. The van der Waals surface area contributed by atoms with E-state index in [4.69, 9.17) is 10.8 Å². The highest BCUT2D eigenvalue weighted by atomic mass is 19.1. The largest absolute Gasteiger partial charge is 0.478 e. The molecule has 5 N–H and O–H groups in total. The SMILES string of the molecule is Nc1cc(F)c(NCC2CCC(=O)N2)cc1C(=O)O. The van der Waals surface area contributed by atoms with E-state index in [1.807, 2.05) is 0 Å². The molecule has 1 atom stereocenters. The number of amides is 1. The summed E-state index contributed by atoms with van der Waals surface area (Å²) in [6.07, 6.45) is 1.13. The number of hydrogen-bond acceptors (Lipinski definition) is 4. The van der Waals surface area contributed by atoms with Crippen molar-refractivity contribution in [2.24, 2.45) is 0 Å². The van der Waals surface area contributed by atoms with Crippen LogP contribution in [0.25, 0.3) is 0 Å². The van der Waals surface area contributed by atoms with Crippen LogP contribution < -0.4 is 16.4 Å². The molecule has 1 fully saturated rings. The first-order valence-electron chi connectivity index (χ1n) is 5.83. The minimum Gasteiger partial charge on any atom is -0.478 e. The van der Waals surface area contributed by atoms with Crippen LogP contribution >= 0.6 is 0 Å². The van der Waals surface area contributed by atoms with Crippen LogP contribution in [0, 0.1) is 5.82 Å². The topological polar surface area (TPSA) is 104 Å². The van der Waals surface area contributed by atoms with Crippen molar-refractivity contribution >= 4 is 23.3 Å². The lowest BCUT2D eigenvalue weighted by Gasteiger charge is -2.14. The first-order valence-corrected chi connectivity index (χ1v) is 5.83. The minimum atomic E-state index is -1.21. The van der Waals surface area contributed by atoms with Crippen molar-refractivity contribution in [1.29, 1.82) is 0 Å². The Morgan fingerprint density at radius 2 is 2.32 bits per heavy atom. The second kappa shape index (κ2) is 5.13. The molecule has 0 spiro atoms. The van der Waals surface area contributed by atoms with Crippen LogP contribution in [0.2, 0.25) is 0 Å². The molecule has 6 nitrogen and oxygen atoms in total. The van der Waals surface area contributed by atoms with Crippen LogP contribution in [0.1, 0.15) is 23.2 Å². The summed E-state index contributed by atoms with van der Waals surface area (Å²) in [6, 6.07) is 2.06. The Kier molecular flexibility index (Phi) is 3.55. The maximum absolute atomic E-state index is 13.6. The number of benzene rings is 1. The summed E-state index contributed by atoms with van der Waals surface area (Å²) in [5.41, 5.74) is 5.21. The van der Waals surface area contributed by atoms with E-state index in [9.17, 15) is 14.0 Å². The van der Waals surface area contributed by atoms with Gasteiger partial charge in [-0.1, -0.05) is 0 Å². The van der Waals surface area contributed by atoms with Gasteiger partial charge in [-0.25, -0.2) is 9.18 Å². The Hall–Kier alpha value is -2.31. The highest BCUT2D eigenvalue weighted by Crippen LogP contribution is 2.22. The molecule has 1 heterocycles. The standard InChI is InChI=1S/C12H14FN3O3/c13-8-4-9(14)7(12(18)19)3-10(8)15-5-6-1-2-11(17)16-6/h3-4,6,15H,1-2,5,14H2,(H,16,17)(H,18,19). The zero-order valence-electron chi connectivity index (χ0n) is 10.1.